The van der Waals surface area contributed by atoms with E-state index in [-0.39, 0.29) is 0 Å². The summed E-state index contributed by atoms with van der Waals surface area (Å²) in [4.78, 5) is 4.75. The van der Waals surface area contributed by atoms with Gasteiger partial charge in [0, 0.05) is 5.56 Å². The molecule has 2 aromatic heterocycles. The molecule has 2 heterocycles. The maximum atomic E-state index is 4.75. The zero-order valence-electron chi connectivity index (χ0n) is 13.3. The summed E-state index contributed by atoms with van der Waals surface area (Å²) in [5.41, 5.74) is 6.35. The number of pyridine rings is 1. The van der Waals surface area contributed by atoms with E-state index < -0.39 is 0 Å². The number of benzene rings is 1. The van der Waals surface area contributed by atoms with Gasteiger partial charge in [-0.2, -0.15) is 5.10 Å². The molecule has 3 rings (SSSR count). The topological polar surface area (TPSA) is 41.6 Å². The van der Waals surface area contributed by atoms with Gasteiger partial charge in [0.25, 0.3) is 0 Å². The Morgan fingerprint density at radius 1 is 1.00 bits per heavy atom. The summed E-state index contributed by atoms with van der Waals surface area (Å²) in [6, 6.07) is 16.8. The van der Waals surface area contributed by atoms with Gasteiger partial charge < -0.3 is 0 Å². The summed E-state index contributed by atoms with van der Waals surface area (Å²) < 4.78 is 0. The first-order valence-electron chi connectivity index (χ1n) is 7.70. The van der Waals surface area contributed by atoms with Crippen LogP contribution in [0.3, 0.4) is 0 Å². The molecule has 0 saturated heterocycles. The average Bonchev–Trinajstić information content (AvgIpc) is 2.94. The summed E-state index contributed by atoms with van der Waals surface area (Å²) in [5.74, 6) is 0.677. The van der Waals surface area contributed by atoms with Crippen LogP contribution in [0.5, 0.6) is 0 Å². The van der Waals surface area contributed by atoms with Crippen molar-refractivity contribution in [3.8, 4) is 22.6 Å². The second-order valence-electron chi connectivity index (χ2n) is 6.13. The summed E-state index contributed by atoms with van der Waals surface area (Å²) in [6.07, 6.45) is 1.11. The molecular formula is C19H21N3. The smallest absolute Gasteiger partial charge is 0.0887 e. The van der Waals surface area contributed by atoms with E-state index >= 15 is 0 Å². The minimum absolute atomic E-state index is 0.677. The molecule has 0 bridgehead atoms. The first kappa shape index (κ1) is 14.5. The van der Waals surface area contributed by atoms with Crippen LogP contribution < -0.4 is 0 Å². The third-order valence-electron chi connectivity index (χ3n) is 3.62. The van der Waals surface area contributed by atoms with Gasteiger partial charge in [0.15, 0.2) is 0 Å². The van der Waals surface area contributed by atoms with Crippen molar-refractivity contribution >= 4 is 0 Å². The van der Waals surface area contributed by atoms with Crippen molar-refractivity contribution in [1.29, 1.82) is 0 Å². The van der Waals surface area contributed by atoms with E-state index in [1.165, 1.54) is 5.56 Å². The minimum atomic E-state index is 0.677. The highest BCUT2D eigenvalue weighted by Crippen LogP contribution is 2.22. The van der Waals surface area contributed by atoms with Crippen molar-refractivity contribution in [3.05, 3.63) is 59.8 Å². The van der Waals surface area contributed by atoms with Gasteiger partial charge in [-0.3, -0.25) is 5.10 Å². The van der Waals surface area contributed by atoms with Crippen molar-refractivity contribution < 1.29 is 0 Å². The zero-order chi connectivity index (χ0) is 15.5. The normalized spacial score (nSPS) is 11.1. The maximum Gasteiger partial charge on any atom is 0.0887 e. The van der Waals surface area contributed by atoms with Gasteiger partial charge in [-0.25, -0.2) is 4.98 Å². The van der Waals surface area contributed by atoms with E-state index in [9.17, 15) is 0 Å². The number of aryl methyl sites for hydroxylation is 1. The molecule has 1 aromatic carbocycles. The molecule has 0 fully saturated rings. The van der Waals surface area contributed by atoms with Crippen molar-refractivity contribution in [1.82, 2.24) is 15.2 Å². The van der Waals surface area contributed by atoms with E-state index in [1.807, 2.05) is 31.2 Å². The third kappa shape index (κ3) is 3.25. The number of hydrogen-bond donors (Lipinski definition) is 1. The lowest BCUT2D eigenvalue weighted by atomic mass is 10.0. The molecule has 0 amide bonds. The summed E-state index contributed by atoms with van der Waals surface area (Å²) in [5, 5.41) is 7.19. The molecule has 0 atom stereocenters. The van der Waals surface area contributed by atoms with Crippen LogP contribution in [0.25, 0.3) is 22.6 Å². The van der Waals surface area contributed by atoms with Crippen molar-refractivity contribution in [3.63, 3.8) is 0 Å². The van der Waals surface area contributed by atoms with Crippen LogP contribution in [0.15, 0.2) is 48.5 Å². The Balaban J connectivity index is 1.89. The molecule has 0 aliphatic heterocycles. The lowest BCUT2D eigenvalue weighted by Gasteiger charge is -2.07. The Hall–Kier alpha value is -2.42. The summed E-state index contributed by atoms with van der Waals surface area (Å²) in [7, 11) is 0. The molecule has 3 heteroatoms. The number of nitrogens with zero attached hydrogens (tertiary/aromatic N) is 2. The highest BCUT2D eigenvalue weighted by Gasteiger charge is 2.06. The molecule has 0 radical (unpaired) electrons. The molecule has 3 aromatic rings. The average molecular weight is 291 g/mol. The molecule has 0 saturated carbocycles. The van der Waals surface area contributed by atoms with Gasteiger partial charge in [-0.05, 0) is 43.0 Å². The van der Waals surface area contributed by atoms with Gasteiger partial charge in [-0.15, -0.1) is 0 Å². The number of rotatable bonds is 4. The number of nitrogens with one attached hydrogen (secondary N) is 1. The predicted molar refractivity (Wildman–Crippen MR) is 90.5 cm³/mol. The molecule has 1 N–H and O–H groups in total. The first-order valence-corrected chi connectivity index (χ1v) is 7.70. The SMILES string of the molecule is Cc1cc(-c2cccc(-c3ccc(CC(C)C)cc3)n2)[nH]n1. The molecule has 0 aliphatic carbocycles. The number of hydrogen-bond acceptors (Lipinski definition) is 2. The van der Waals surface area contributed by atoms with Gasteiger partial charge in [0.1, 0.15) is 0 Å². The molecule has 0 unspecified atom stereocenters. The molecule has 3 nitrogen and oxygen atoms in total. The van der Waals surface area contributed by atoms with E-state index in [1.54, 1.807) is 0 Å². The molecule has 112 valence electrons. The number of aromatic nitrogens is 3. The van der Waals surface area contributed by atoms with Crippen molar-refractivity contribution in [2.45, 2.75) is 27.2 Å². The Morgan fingerprint density at radius 2 is 1.73 bits per heavy atom. The summed E-state index contributed by atoms with van der Waals surface area (Å²) in [6.45, 7) is 6.45. The van der Waals surface area contributed by atoms with Gasteiger partial charge >= 0.3 is 0 Å². The van der Waals surface area contributed by atoms with Crippen LogP contribution in [0.2, 0.25) is 0 Å². The lowest BCUT2D eigenvalue weighted by molar-refractivity contribution is 0.647. The Kier molecular flexibility index (Phi) is 4.05. The monoisotopic (exact) mass is 291 g/mol. The van der Waals surface area contributed by atoms with E-state index in [0.717, 1.165) is 34.8 Å². The first-order chi connectivity index (χ1) is 10.6. The van der Waals surface area contributed by atoms with Crippen LogP contribution in [-0.2, 0) is 6.42 Å². The van der Waals surface area contributed by atoms with E-state index in [4.69, 9.17) is 4.98 Å². The second kappa shape index (κ2) is 6.14. The molecule has 0 aliphatic rings. The van der Waals surface area contributed by atoms with E-state index in [0.29, 0.717) is 5.92 Å². The highest BCUT2D eigenvalue weighted by molar-refractivity contribution is 5.64. The Morgan fingerprint density at radius 3 is 2.36 bits per heavy atom. The third-order valence-corrected chi connectivity index (χ3v) is 3.62. The fraction of sp³-hybridized carbons (Fsp3) is 0.263. The second-order valence-corrected chi connectivity index (χ2v) is 6.13. The predicted octanol–water partition coefficient (Wildman–Crippen LogP) is 4.65. The zero-order valence-corrected chi connectivity index (χ0v) is 13.3. The van der Waals surface area contributed by atoms with Gasteiger partial charge in [0.05, 0.1) is 22.8 Å². The largest absolute Gasteiger partial charge is 0.276 e. The van der Waals surface area contributed by atoms with Crippen molar-refractivity contribution in [2.75, 3.05) is 0 Å². The summed E-state index contributed by atoms with van der Waals surface area (Å²) >= 11 is 0. The van der Waals surface area contributed by atoms with Crippen LogP contribution in [0.4, 0.5) is 0 Å². The van der Waals surface area contributed by atoms with Crippen LogP contribution in [0, 0.1) is 12.8 Å². The van der Waals surface area contributed by atoms with Crippen LogP contribution in [0.1, 0.15) is 25.1 Å². The molecule has 0 spiro atoms. The van der Waals surface area contributed by atoms with Crippen LogP contribution >= 0.6 is 0 Å². The Labute approximate surface area is 131 Å². The quantitative estimate of drug-likeness (QED) is 0.760. The van der Waals surface area contributed by atoms with Gasteiger partial charge in [-0.1, -0.05) is 44.2 Å². The number of H-pyrrole nitrogens is 1. The number of aromatic amines is 1. The Bertz CT molecular complexity index is 754. The minimum Gasteiger partial charge on any atom is -0.276 e. The fourth-order valence-electron chi connectivity index (χ4n) is 2.58. The fourth-order valence-corrected chi connectivity index (χ4v) is 2.58. The van der Waals surface area contributed by atoms with Gasteiger partial charge in [0.2, 0.25) is 0 Å². The molecule has 22 heavy (non-hydrogen) atoms. The molecular weight excluding hydrogens is 270 g/mol. The maximum absolute atomic E-state index is 4.75. The standard InChI is InChI=1S/C19H21N3/c1-13(2)11-15-7-9-16(10-8-15)17-5-4-6-18(20-17)19-12-14(3)21-22-19/h4-10,12-13H,11H2,1-3H3,(H,21,22). The lowest BCUT2D eigenvalue weighted by Crippen LogP contribution is -1.94. The highest BCUT2D eigenvalue weighted by atomic mass is 15.1. The van der Waals surface area contributed by atoms with Crippen LogP contribution in [-0.4, -0.2) is 15.2 Å². The van der Waals surface area contributed by atoms with Crippen molar-refractivity contribution in [2.24, 2.45) is 5.92 Å². The van der Waals surface area contributed by atoms with E-state index in [2.05, 4.69) is 48.3 Å².